The number of carbonyl (C=O) groups is 1. The smallest absolute Gasteiger partial charge is 0.267 e. The summed E-state index contributed by atoms with van der Waals surface area (Å²) >= 11 is 0. The van der Waals surface area contributed by atoms with Gasteiger partial charge in [-0.3, -0.25) is 14.5 Å². The fourth-order valence-electron chi connectivity index (χ4n) is 3.26. The van der Waals surface area contributed by atoms with Crippen LogP contribution in [-0.4, -0.2) is 33.9 Å². The highest BCUT2D eigenvalue weighted by molar-refractivity contribution is 5.91. The molecular formula is C24H21N5O2. The summed E-state index contributed by atoms with van der Waals surface area (Å²) in [5.74, 6) is 0.828. The van der Waals surface area contributed by atoms with Crippen LogP contribution in [0.4, 0.5) is 0 Å². The van der Waals surface area contributed by atoms with Gasteiger partial charge in [0.25, 0.3) is 5.91 Å². The van der Waals surface area contributed by atoms with Gasteiger partial charge < -0.3 is 10.5 Å². The number of rotatable bonds is 6. The molecule has 1 amide bonds. The standard InChI is InChI=1S/C24H21N5O2/c1-26-15-16-6-11-23(19(14-16)22-12-13-27-29(22)2)31-18-9-7-17(8-10-18)20-4-3-5-21(28-20)24(25)30/h3-15H,1-2H3,(H2,25,30). The van der Waals surface area contributed by atoms with Crippen molar-refractivity contribution in [2.45, 2.75) is 0 Å². The first-order chi connectivity index (χ1) is 15.0. The van der Waals surface area contributed by atoms with Crippen LogP contribution in [0.2, 0.25) is 0 Å². The molecule has 0 fully saturated rings. The molecule has 0 aliphatic carbocycles. The lowest BCUT2D eigenvalue weighted by Crippen LogP contribution is -2.12. The number of nitrogens with zero attached hydrogens (tertiary/aromatic N) is 4. The van der Waals surface area contributed by atoms with Crippen molar-refractivity contribution >= 4 is 12.1 Å². The van der Waals surface area contributed by atoms with Gasteiger partial charge in [-0.1, -0.05) is 6.07 Å². The average molecular weight is 411 g/mol. The molecular weight excluding hydrogens is 390 g/mol. The summed E-state index contributed by atoms with van der Waals surface area (Å²) in [6.07, 6.45) is 3.55. The van der Waals surface area contributed by atoms with Crippen LogP contribution in [0.5, 0.6) is 11.5 Å². The third kappa shape index (κ3) is 4.35. The van der Waals surface area contributed by atoms with E-state index in [1.165, 1.54) is 0 Å². The summed E-state index contributed by atoms with van der Waals surface area (Å²) in [6.45, 7) is 0. The van der Waals surface area contributed by atoms with E-state index in [2.05, 4.69) is 15.1 Å². The van der Waals surface area contributed by atoms with E-state index in [9.17, 15) is 4.79 Å². The van der Waals surface area contributed by atoms with Crippen LogP contribution in [0.3, 0.4) is 0 Å². The second kappa shape index (κ2) is 8.62. The molecule has 31 heavy (non-hydrogen) atoms. The molecule has 4 rings (SSSR count). The molecule has 154 valence electrons. The van der Waals surface area contributed by atoms with Crippen LogP contribution in [0, 0.1) is 0 Å². The predicted octanol–water partition coefficient (Wildman–Crippen LogP) is 4.09. The minimum Gasteiger partial charge on any atom is -0.457 e. The molecule has 0 radical (unpaired) electrons. The highest BCUT2D eigenvalue weighted by Crippen LogP contribution is 2.34. The van der Waals surface area contributed by atoms with Gasteiger partial charge in [0.1, 0.15) is 17.2 Å². The van der Waals surface area contributed by atoms with E-state index in [1.807, 2.05) is 61.6 Å². The van der Waals surface area contributed by atoms with Gasteiger partial charge in [-0.15, -0.1) is 0 Å². The molecule has 2 aromatic carbocycles. The third-order valence-corrected chi connectivity index (χ3v) is 4.76. The molecule has 0 bridgehead atoms. The molecule has 0 atom stereocenters. The Morgan fingerprint density at radius 2 is 1.90 bits per heavy atom. The molecule has 7 nitrogen and oxygen atoms in total. The van der Waals surface area contributed by atoms with Crippen LogP contribution in [0.1, 0.15) is 16.1 Å². The van der Waals surface area contributed by atoms with Crippen molar-refractivity contribution in [3.05, 3.63) is 84.2 Å². The number of aryl methyl sites for hydroxylation is 1. The zero-order chi connectivity index (χ0) is 21.8. The van der Waals surface area contributed by atoms with E-state index in [0.29, 0.717) is 17.2 Å². The number of hydrogen-bond donors (Lipinski definition) is 1. The number of carbonyl (C=O) groups excluding carboxylic acids is 1. The molecule has 0 saturated carbocycles. The van der Waals surface area contributed by atoms with Gasteiger partial charge in [-0.25, -0.2) is 4.98 Å². The first-order valence-electron chi connectivity index (χ1n) is 9.65. The maximum absolute atomic E-state index is 11.4. The second-order valence-corrected chi connectivity index (χ2v) is 6.88. The van der Waals surface area contributed by atoms with Gasteiger partial charge >= 0.3 is 0 Å². The number of ether oxygens (including phenoxy) is 1. The highest BCUT2D eigenvalue weighted by atomic mass is 16.5. The SMILES string of the molecule is CN=Cc1ccc(Oc2ccc(-c3cccc(C(N)=O)n3)cc2)c(-c2ccnn2C)c1. The maximum atomic E-state index is 11.4. The van der Waals surface area contributed by atoms with Crippen molar-refractivity contribution in [3.63, 3.8) is 0 Å². The normalized spacial score (nSPS) is 11.0. The number of pyridine rings is 1. The average Bonchev–Trinajstić information content (AvgIpc) is 3.21. The number of aliphatic imine (C=N–C) groups is 1. The summed E-state index contributed by atoms with van der Waals surface area (Å²) in [7, 11) is 3.63. The zero-order valence-corrected chi connectivity index (χ0v) is 17.2. The van der Waals surface area contributed by atoms with Crippen molar-refractivity contribution in [1.29, 1.82) is 0 Å². The second-order valence-electron chi connectivity index (χ2n) is 6.88. The summed E-state index contributed by atoms with van der Waals surface area (Å²) in [6, 6.07) is 20.5. The van der Waals surface area contributed by atoms with Gasteiger partial charge in [0.15, 0.2) is 0 Å². The monoisotopic (exact) mass is 411 g/mol. The van der Waals surface area contributed by atoms with Crippen molar-refractivity contribution in [3.8, 4) is 34.0 Å². The number of benzene rings is 2. The molecule has 0 spiro atoms. The molecule has 0 unspecified atom stereocenters. The lowest BCUT2D eigenvalue weighted by molar-refractivity contribution is 0.0995. The topological polar surface area (TPSA) is 95.4 Å². The number of amides is 1. The quantitative estimate of drug-likeness (QED) is 0.484. The number of nitrogens with two attached hydrogens (primary N) is 1. The molecule has 7 heteroatoms. The lowest BCUT2D eigenvalue weighted by atomic mass is 10.1. The van der Waals surface area contributed by atoms with Crippen LogP contribution < -0.4 is 10.5 Å². The van der Waals surface area contributed by atoms with E-state index < -0.39 is 5.91 Å². The summed E-state index contributed by atoms with van der Waals surface area (Å²) in [5.41, 5.74) is 9.91. The number of primary amides is 1. The van der Waals surface area contributed by atoms with Gasteiger partial charge in [0.05, 0.1) is 11.4 Å². The van der Waals surface area contributed by atoms with Gasteiger partial charge in [0, 0.05) is 37.6 Å². The molecule has 2 heterocycles. The van der Waals surface area contributed by atoms with Gasteiger partial charge in [-0.05, 0) is 66.2 Å². The largest absolute Gasteiger partial charge is 0.457 e. The van der Waals surface area contributed by atoms with Crippen molar-refractivity contribution in [2.75, 3.05) is 7.05 Å². The van der Waals surface area contributed by atoms with Crippen molar-refractivity contribution in [2.24, 2.45) is 17.8 Å². The Morgan fingerprint density at radius 3 is 2.58 bits per heavy atom. The number of hydrogen-bond acceptors (Lipinski definition) is 5. The summed E-state index contributed by atoms with van der Waals surface area (Å²) in [4.78, 5) is 19.8. The Morgan fingerprint density at radius 1 is 1.10 bits per heavy atom. The molecule has 4 aromatic rings. The van der Waals surface area contributed by atoms with Crippen LogP contribution in [0.25, 0.3) is 22.5 Å². The van der Waals surface area contributed by atoms with Crippen LogP contribution >= 0.6 is 0 Å². The minimum atomic E-state index is -0.555. The summed E-state index contributed by atoms with van der Waals surface area (Å²) < 4.78 is 8.00. The Labute approximate surface area is 179 Å². The van der Waals surface area contributed by atoms with Crippen LogP contribution in [-0.2, 0) is 7.05 Å². The van der Waals surface area contributed by atoms with Crippen molar-refractivity contribution in [1.82, 2.24) is 14.8 Å². The Kier molecular flexibility index (Phi) is 5.57. The lowest BCUT2D eigenvalue weighted by Gasteiger charge is -2.13. The Bertz CT molecular complexity index is 1260. The maximum Gasteiger partial charge on any atom is 0.267 e. The first kappa shape index (κ1) is 20.0. The first-order valence-corrected chi connectivity index (χ1v) is 9.65. The molecule has 0 saturated heterocycles. The number of aromatic nitrogens is 3. The molecule has 0 aliphatic rings. The molecule has 2 N–H and O–H groups in total. The van der Waals surface area contributed by atoms with Crippen molar-refractivity contribution < 1.29 is 9.53 Å². The molecule has 0 aliphatic heterocycles. The fraction of sp³-hybridized carbons (Fsp3) is 0.0833. The Hall–Kier alpha value is -4.26. The van der Waals surface area contributed by atoms with E-state index in [-0.39, 0.29) is 5.69 Å². The summed E-state index contributed by atoms with van der Waals surface area (Å²) in [5, 5.41) is 4.27. The zero-order valence-electron chi connectivity index (χ0n) is 17.2. The highest BCUT2D eigenvalue weighted by Gasteiger charge is 2.12. The van der Waals surface area contributed by atoms with E-state index in [0.717, 1.165) is 22.4 Å². The van der Waals surface area contributed by atoms with E-state index in [4.69, 9.17) is 10.5 Å². The third-order valence-electron chi connectivity index (χ3n) is 4.76. The van der Waals surface area contributed by atoms with Gasteiger partial charge in [-0.2, -0.15) is 5.10 Å². The Balaban J connectivity index is 1.65. The van der Waals surface area contributed by atoms with E-state index >= 15 is 0 Å². The van der Waals surface area contributed by atoms with Crippen LogP contribution in [0.15, 0.2) is 77.9 Å². The van der Waals surface area contributed by atoms with E-state index in [1.54, 1.807) is 36.3 Å². The minimum absolute atomic E-state index is 0.231. The molecule has 2 aromatic heterocycles. The van der Waals surface area contributed by atoms with Gasteiger partial charge in [0.2, 0.25) is 0 Å². The fourth-order valence-corrected chi connectivity index (χ4v) is 3.26. The predicted molar refractivity (Wildman–Crippen MR) is 120 cm³/mol.